The smallest absolute Gasteiger partial charge is 0.315 e. The maximum Gasteiger partial charge on any atom is 0.327 e. The number of pyridine rings is 1. The van der Waals surface area contributed by atoms with Gasteiger partial charge in [0.25, 0.3) is 0 Å². The fourth-order valence-electron chi connectivity index (χ4n) is 3.91. The van der Waals surface area contributed by atoms with Gasteiger partial charge in [-0.05, 0) is 49.6 Å². The number of carbonyl (C=O) groups is 2. The van der Waals surface area contributed by atoms with E-state index < -0.39 is 0 Å². The lowest BCUT2D eigenvalue weighted by molar-refractivity contribution is -0.137. The molecule has 6 heteroatoms. The number of benzene rings is 1. The van der Waals surface area contributed by atoms with Crippen LogP contribution in [0.15, 0.2) is 48.8 Å². The van der Waals surface area contributed by atoms with Crippen LogP contribution in [0.25, 0.3) is 0 Å². The molecule has 0 saturated carbocycles. The van der Waals surface area contributed by atoms with Crippen LogP contribution in [-0.2, 0) is 17.9 Å². The summed E-state index contributed by atoms with van der Waals surface area (Å²) in [6.45, 7) is 3.65. The summed E-state index contributed by atoms with van der Waals surface area (Å²) in [6.07, 6.45) is 5.18. The van der Waals surface area contributed by atoms with E-state index in [2.05, 4.69) is 34.6 Å². The van der Waals surface area contributed by atoms with Crippen LogP contribution >= 0.6 is 0 Å². The molecule has 2 aliphatic rings. The van der Waals surface area contributed by atoms with Crippen LogP contribution in [0, 0.1) is 6.92 Å². The Labute approximate surface area is 159 Å². The summed E-state index contributed by atoms with van der Waals surface area (Å²) in [5, 5.41) is 3.33. The summed E-state index contributed by atoms with van der Waals surface area (Å²) >= 11 is 0. The molecule has 1 aromatic carbocycles. The van der Waals surface area contributed by atoms with Crippen molar-refractivity contribution in [3.05, 3.63) is 65.5 Å². The first-order chi connectivity index (χ1) is 13.1. The molecule has 1 aromatic heterocycles. The topological polar surface area (TPSA) is 65.5 Å². The number of carbonyl (C=O) groups excluding carboxylic acids is 2. The lowest BCUT2D eigenvalue weighted by Crippen LogP contribution is -2.68. The minimum atomic E-state index is -0.330. The summed E-state index contributed by atoms with van der Waals surface area (Å²) < 4.78 is 0. The lowest BCUT2D eigenvalue weighted by Gasteiger charge is -2.47. The van der Waals surface area contributed by atoms with Gasteiger partial charge in [-0.25, -0.2) is 4.79 Å². The SMILES string of the molecule is Cc1ccc(CN2C(=O)N(Cc3ccncc3)C(=O)C3NCCCC32)cc1. The highest BCUT2D eigenvalue weighted by Gasteiger charge is 2.46. The molecule has 0 spiro atoms. The van der Waals surface area contributed by atoms with E-state index in [-0.39, 0.29) is 30.6 Å². The van der Waals surface area contributed by atoms with E-state index in [1.54, 1.807) is 12.4 Å². The molecule has 2 fully saturated rings. The van der Waals surface area contributed by atoms with Gasteiger partial charge in [-0.1, -0.05) is 29.8 Å². The number of rotatable bonds is 4. The Hall–Kier alpha value is -2.73. The highest BCUT2D eigenvalue weighted by atomic mass is 16.2. The number of hydrogen-bond donors (Lipinski definition) is 1. The van der Waals surface area contributed by atoms with Crippen molar-refractivity contribution in [2.75, 3.05) is 6.54 Å². The molecule has 2 unspecified atom stereocenters. The van der Waals surface area contributed by atoms with Crippen LogP contribution in [0.5, 0.6) is 0 Å². The zero-order chi connectivity index (χ0) is 18.8. The second-order valence-electron chi connectivity index (χ2n) is 7.32. The molecule has 1 N–H and O–H groups in total. The monoisotopic (exact) mass is 364 g/mol. The zero-order valence-electron chi connectivity index (χ0n) is 15.5. The van der Waals surface area contributed by atoms with E-state index in [1.807, 2.05) is 24.0 Å². The fraction of sp³-hybridized carbons (Fsp3) is 0.381. The van der Waals surface area contributed by atoms with Crippen LogP contribution in [0.4, 0.5) is 4.79 Å². The quantitative estimate of drug-likeness (QED) is 0.905. The first kappa shape index (κ1) is 17.7. The summed E-state index contributed by atoms with van der Waals surface area (Å²) in [5.41, 5.74) is 3.17. The van der Waals surface area contributed by atoms with Crippen molar-refractivity contribution in [2.24, 2.45) is 0 Å². The molecule has 140 valence electrons. The lowest BCUT2D eigenvalue weighted by atomic mass is 9.93. The van der Waals surface area contributed by atoms with Crippen LogP contribution < -0.4 is 5.32 Å². The van der Waals surface area contributed by atoms with Gasteiger partial charge in [0, 0.05) is 18.9 Å². The molecule has 3 heterocycles. The summed E-state index contributed by atoms with van der Waals surface area (Å²) in [6, 6.07) is 11.3. The maximum absolute atomic E-state index is 13.3. The van der Waals surface area contributed by atoms with Gasteiger partial charge in [0.2, 0.25) is 5.91 Å². The van der Waals surface area contributed by atoms with E-state index in [1.165, 1.54) is 10.5 Å². The number of nitrogens with one attached hydrogen (secondary N) is 1. The molecule has 2 saturated heterocycles. The Kier molecular flexibility index (Phi) is 4.90. The standard InChI is InChI=1S/C21H24N4O2/c1-15-4-6-16(7-5-15)13-24-18-3-2-10-23-19(18)20(26)25(21(24)27)14-17-8-11-22-12-9-17/h4-9,11-12,18-19,23H,2-3,10,13-14H2,1H3. The van der Waals surface area contributed by atoms with Gasteiger partial charge < -0.3 is 10.2 Å². The van der Waals surface area contributed by atoms with Crippen LogP contribution in [-0.4, -0.2) is 45.4 Å². The third kappa shape index (κ3) is 3.57. The minimum absolute atomic E-state index is 0.0891. The summed E-state index contributed by atoms with van der Waals surface area (Å²) in [7, 11) is 0. The van der Waals surface area contributed by atoms with Gasteiger partial charge in [0.15, 0.2) is 0 Å². The van der Waals surface area contributed by atoms with Gasteiger partial charge in [0.05, 0.1) is 12.6 Å². The molecule has 2 atom stereocenters. The summed E-state index contributed by atoms with van der Waals surface area (Å²) in [4.78, 5) is 33.5. The molecule has 0 bridgehead atoms. The van der Waals surface area contributed by atoms with Gasteiger partial charge >= 0.3 is 6.03 Å². The van der Waals surface area contributed by atoms with Crippen molar-refractivity contribution in [3.8, 4) is 0 Å². The number of nitrogens with zero attached hydrogens (tertiary/aromatic N) is 3. The Morgan fingerprint density at radius 2 is 1.74 bits per heavy atom. The molecule has 0 aliphatic carbocycles. The normalized spacial score (nSPS) is 22.7. The molecule has 3 amide bonds. The van der Waals surface area contributed by atoms with E-state index in [0.29, 0.717) is 6.54 Å². The number of fused-ring (bicyclic) bond motifs is 1. The van der Waals surface area contributed by atoms with E-state index in [4.69, 9.17) is 0 Å². The van der Waals surface area contributed by atoms with E-state index in [0.717, 1.165) is 30.5 Å². The molecule has 2 aromatic rings. The Morgan fingerprint density at radius 1 is 1.04 bits per heavy atom. The number of amides is 3. The van der Waals surface area contributed by atoms with Crippen molar-refractivity contribution >= 4 is 11.9 Å². The number of aromatic nitrogens is 1. The average Bonchev–Trinajstić information content (AvgIpc) is 2.71. The third-order valence-electron chi connectivity index (χ3n) is 5.40. The molecule has 4 rings (SSSR count). The Morgan fingerprint density at radius 3 is 2.48 bits per heavy atom. The zero-order valence-corrected chi connectivity index (χ0v) is 15.5. The maximum atomic E-state index is 13.3. The van der Waals surface area contributed by atoms with Crippen LogP contribution in [0.2, 0.25) is 0 Å². The number of imide groups is 1. The average molecular weight is 364 g/mol. The van der Waals surface area contributed by atoms with Crippen molar-refractivity contribution in [1.82, 2.24) is 20.1 Å². The van der Waals surface area contributed by atoms with Crippen molar-refractivity contribution < 1.29 is 9.59 Å². The second-order valence-corrected chi connectivity index (χ2v) is 7.32. The summed E-state index contributed by atoms with van der Waals surface area (Å²) in [5.74, 6) is -0.123. The number of piperidine rings is 1. The molecular formula is C21H24N4O2. The second kappa shape index (κ2) is 7.48. The highest BCUT2D eigenvalue weighted by molar-refractivity contribution is 6.00. The number of hydrogen-bond acceptors (Lipinski definition) is 4. The van der Waals surface area contributed by atoms with Gasteiger partial charge in [-0.15, -0.1) is 0 Å². The van der Waals surface area contributed by atoms with Crippen LogP contribution in [0.3, 0.4) is 0 Å². The minimum Gasteiger partial charge on any atom is -0.315 e. The van der Waals surface area contributed by atoms with Gasteiger partial charge in [0.1, 0.15) is 6.04 Å². The molecule has 6 nitrogen and oxygen atoms in total. The van der Waals surface area contributed by atoms with Crippen molar-refractivity contribution in [3.63, 3.8) is 0 Å². The van der Waals surface area contributed by atoms with E-state index >= 15 is 0 Å². The van der Waals surface area contributed by atoms with E-state index in [9.17, 15) is 9.59 Å². The molecular weight excluding hydrogens is 340 g/mol. The predicted octanol–water partition coefficient (Wildman–Crippen LogP) is 2.48. The fourth-order valence-corrected chi connectivity index (χ4v) is 3.91. The van der Waals surface area contributed by atoms with Gasteiger partial charge in [-0.3, -0.25) is 14.7 Å². The largest absolute Gasteiger partial charge is 0.327 e. The molecule has 27 heavy (non-hydrogen) atoms. The first-order valence-electron chi connectivity index (χ1n) is 9.43. The molecule has 2 aliphatic heterocycles. The van der Waals surface area contributed by atoms with Gasteiger partial charge in [-0.2, -0.15) is 0 Å². The number of urea groups is 1. The number of aryl methyl sites for hydroxylation is 1. The Bertz CT molecular complexity index is 822. The van der Waals surface area contributed by atoms with Crippen LogP contribution in [0.1, 0.15) is 29.5 Å². The molecule has 0 radical (unpaired) electrons. The van der Waals surface area contributed by atoms with Crippen molar-refractivity contribution in [2.45, 2.75) is 44.9 Å². The Balaban J connectivity index is 1.62. The highest BCUT2D eigenvalue weighted by Crippen LogP contribution is 2.27. The predicted molar refractivity (Wildman–Crippen MR) is 102 cm³/mol. The first-order valence-corrected chi connectivity index (χ1v) is 9.43. The van der Waals surface area contributed by atoms with Crippen molar-refractivity contribution in [1.29, 1.82) is 0 Å². The third-order valence-corrected chi connectivity index (χ3v) is 5.40.